The molecule has 0 amide bonds. The predicted octanol–water partition coefficient (Wildman–Crippen LogP) is 5.54. The van der Waals surface area contributed by atoms with Crippen LogP contribution in [0.15, 0.2) is 54.7 Å². The van der Waals surface area contributed by atoms with Gasteiger partial charge in [-0.05, 0) is 29.8 Å². The summed E-state index contributed by atoms with van der Waals surface area (Å²) >= 11 is 0. The van der Waals surface area contributed by atoms with E-state index in [0.717, 1.165) is 12.1 Å². The lowest BCUT2D eigenvalue weighted by Gasteiger charge is -2.15. The number of nitrogens with zero attached hydrogens (tertiary/aromatic N) is 1. The number of benzene rings is 2. The summed E-state index contributed by atoms with van der Waals surface area (Å²) in [6, 6.07) is 12.0. The molecule has 0 aliphatic rings. The Balaban J connectivity index is 1.85. The van der Waals surface area contributed by atoms with E-state index in [0.29, 0.717) is 39.9 Å². The second kappa shape index (κ2) is 8.30. The third kappa shape index (κ3) is 4.53. The highest BCUT2D eigenvalue weighted by Gasteiger charge is 2.30. The van der Waals surface area contributed by atoms with Gasteiger partial charge in [-0.1, -0.05) is 12.1 Å². The monoisotopic (exact) mass is 404 g/mol. The molecule has 0 aliphatic heterocycles. The maximum Gasteiger partial charge on any atom is 0.416 e. The third-order valence-electron chi connectivity index (χ3n) is 4.22. The van der Waals surface area contributed by atoms with E-state index in [1.165, 1.54) is 33.6 Å². The summed E-state index contributed by atoms with van der Waals surface area (Å²) in [7, 11) is 4.55. The number of rotatable bonds is 6. The van der Waals surface area contributed by atoms with Crippen molar-refractivity contribution in [2.45, 2.75) is 6.18 Å². The average molecular weight is 404 g/mol. The van der Waals surface area contributed by atoms with Gasteiger partial charge in [0.05, 0.1) is 26.9 Å². The van der Waals surface area contributed by atoms with Crippen molar-refractivity contribution in [3.63, 3.8) is 0 Å². The van der Waals surface area contributed by atoms with Crippen LogP contribution in [0.2, 0.25) is 0 Å². The fourth-order valence-corrected chi connectivity index (χ4v) is 2.81. The Morgan fingerprint density at radius 2 is 1.52 bits per heavy atom. The molecule has 0 radical (unpaired) electrons. The van der Waals surface area contributed by atoms with E-state index >= 15 is 0 Å². The number of hydrogen-bond donors (Lipinski definition) is 1. The van der Waals surface area contributed by atoms with E-state index in [-0.39, 0.29) is 0 Å². The van der Waals surface area contributed by atoms with Crippen LogP contribution in [-0.2, 0) is 6.18 Å². The smallest absolute Gasteiger partial charge is 0.416 e. The molecule has 152 valence electrons. The molecular weight excluding hydrogens is 385 g/mol. The van der Waals surface area contributed by atoms with Gasteiger partial charge in [0.25, 0.3) is 0 Å². The number of hydrogen-bond acceptors (Lipinski definition) is 5. The van der Waals surface area contributed by atoms with Crippen molar-refractivity contribution < 1.29 is 27.4 Å². The number of anilines is 2. The summed E-state index contributed by atoms with van der Waals surface area (Å²) < 4.78 is 54.7. The topological polar surface area (TPSA) is 52.6 Å². The lowest BCUT2D eigenvalue weighted by atomic mass is 10.0. The number of aromatic nitrogens is 1. The van der Waals surface area contributed by atoms with Gasteiger partial charge in [0.2, 0.25) is 5.75 Å². The molecule has 3 rings (SSSR count). The van der Waals surface area contributed by atoms with Crippen molar-refractivity contribution in [2.24, 2.45) is 0 Å². The molecule has 3 aromatic rings. The molecule has 0 spiro atoms. The van der Waals surface area contributed by atoms with E-state index in [2.05, 4.69) is 10.3 Å². The Kier molecular flexibility index (Phi) is 5.81. The van der Waals surface area contributed by atoms with E-state index in [1.807, 2.05) is 0 Å². The van der Waals surface area contributed by atoms with Gasteiger partial charge in [0, 0.05) is 29.6 Å². The minimum absolute atomic E-state index is 0.437. The van der Waals surface area contributed by atoms with Gasteiger partial charge in [-0.2, -0.15) is 13.2 Å². The molecular formula is C21H19F3N2O3. The normalized spacial score (nSPS) is 11.1. The second-order valence-electron chi connectivity index (χ2n) is 6.05. The molecule has 1 aromatic heterocycles. The van der Waals surface area contributed by atoms with Crippen LogP contribution < -0.4 is 19.5 Å². The van der Waals surface area contributed by atoms with Crippen LogP contribution in [0.3, 0.4) is 0 Å². The molecule has 0 atom stereocenters. The Morgan fingerprint density at radius 1 is 0.828 bits per heavy atom. The highest BCUT2D eigenvalue weighted by molar-refractivity contribution is 5.69. The Hall–Kier alpha value is -3.42. The number of pyridine rings is 1. The maximum absolute atomic E-state index is 12.9. The van der Waals surface area contributed by atoms with Crippen LogP contribution >= 0.6 is 0 Å². The molecule has 5 nitrogen and oxygen atoms in total. The second-order valence-corrected chi connectivity index (χ2v) is 6.05. The van der Waals surface area contributed by atoms with Gasteiger partial charge in [-0.25, -0.2) is 4.98 Å². The zero-order chi connectivity index (χ0) is 21.0. The number of nitrogens with one attached hydrogen (secondary N) is 1. The SMILES string of the molecule is COc1cc(Nc2ccc(-c3cccc(C(F)(F)F)c3)cn2)cc(OC)c1OC. The van der Waals surface area contributed by atoms with Gasteiger partial charge < -0.3 is 19.5 Å². The molecule has 0 saturated heterocycles. The molecule has 0 aliphatic carbocycles. The molecule has 1 heterocycles. The summed E-state index contributed by atoms with van der Waals surface area (Å²) in [5, 5.41) is 3.11. The third-order valence-corrected chi connectivity index (χ3v) is 4.22. The molecule has 8 heteroatoms. The Morgan fingerprint density at radius 3 is 2.03 bits per heavy atom. The molecule has 2 aromatic carbocycles. The minimum Gasteiger partial charge on any atom is -0.493 e. The summed E-state index contributed by atoms with van der Waals surface area (Å²) in [4.78, 5) is 4.29. The highest BCUT2D eigenvalue weighted by atomic mass is 19.4. The number of alkyl halides is 3. The standard InChI is InChI=1S/C21H19F3N2O3/c1-27-17-10-16(11-18(28-2)20(17)29-3)26-19-8-7-14(12-25-19)13-5-4-6-15(9-13)21(22,23)24/h4-12H,1-3H3,(H,25,26). The average Bonchev–Trinajstić information content (AvgIpc) is 2.73. The molecule has 1 N–H and O–H groups in total. The Bertz CT molecular complexity index is 964. The van der Waals surface area contributed by atoms with Crippen molar-refractivity contribution in [1.82, 2.24) is 4.98 Å². The van der Waals surface area contributed by atoms with Gasteiger partial charge in [0.1, 0.15) is 5.82 Å². The van der Waals surface area contributed by atoms with E-state index < -0.39 is 11.7 Å². The Labute approximate surface area is 166 Å². The quantitative estimate of drug-likeness (QED) is 0.585. The van der Waals surface area contributed by atoms with E-state index in [1.54, 1.807) is 30.3 Å². The van der Waals surface area contributed by atoms with Crippen molar-refractivity contribution in [1.29, 1.82) is 0 Å². The molecule has 0 fully saturated rings. The summed E-state index contributed by atoms with van der Waals surface area (Å²) in [5.41, 5.74) is 0.964. The lowest BCUT2D eigenvalue weighted by molar-refractivity contribution is -0.137. The highest BCUT2D eigenvalue weighted by Crippen LogP contribution is 2.40. The largest absolute Gasteiger partial charge is 0.493 e. The van der Waals surface area contributed by atoms with Gasteiger partial charge >= 0.3 is 6.18 Å². The first-order chi connectivity index (χ1) is 13.9. The van der Waals surface area contributed by atoms with Gasteiger partial charge in [0.15, 0.2) is 11.5 Å². The summed E-state index contributed by atoms with van der Waals surface area (Å²) in [6.07, 6.45) is -2.88. The molecule has 0 saturated carbocycles. The van der Waals surface area contributed by atoms with Crippen molar-refractivity contribution in [3.8, 4) is 28.4 Å². The zero-order valence-electron chi connectivity index (χ0n) is 16.0. The van der Waals surface area contributed by atoms with Crippen molar-refractivity contribution in [3.05, 3.63) is 60.3 Å². The number of halogens is 3. The summed E-state index contributed by atoms with van der Waals surface area (Å²) in [5.74, 6) is 1.94. The van der Waals surface area contributed by atoms with Crippen LogP contribution in [0.5, 0.6) is 17.2 Å². The van der Waals surface area contributed by atoms with Crippen molar-refractivity contribution in [2.75, 3.05) is 26.6 Å². The number of ether oxygens (including phenoxy) is 3. The molecule has 0 bridgehead atoms. The van der Waals surface area contributed by atoms with Crippen molar-refractivity contribution >= 4 is 11.5 Å². The first-order valence-corrected chi connectivity index (χ1v) is 8.56. The first kappa shape index (κ1) is 20.3. The fourth-order valence-electron chi connectivity index (χ4n) is 2.81. The first-order valence-electron chi connectivity index (χ1n) is 8.56. The van der Waals surface area contributed by atoms with Gasteiger partial charge in [-0.3, -0.25) is 0 Å². The molecule has 29 heavy (non-hydrogen) atoms. The fraction of sp³-hybridized carbons (Fsp3) is 0.190. The van der Waals surface area contributed by atoms with Crippen LogP contribution in [0, 0.1) is 0 Å². The summed E-state index contributed by atoms with van der Waals surface area (Å²) in [6.45, 7) is 0. The van der Waals surface area contributed by atoms with Gasteiger partial charge in [-0.15, -0.1) is 0 Å². The zero-order valence-corrected chi connectivity index (χ0v) is 16.0. The van der Waals surface area contributed by atoms with Crippen LogP contribution in [0.4, 0.5) is 24.7 Å². The van der Waals surface area contributed by atoms with Crippen LogP contribution in [0.25, 0.3) is 11.1 Å². The van der Waals surface area contributed by atoms with E-state index in [9.17, 15) is 13.2 Å². The number of methoxy groups -OCH3 is 3. The van der Waals surface area contributed by atoms with Crippen LogP contribution in [0.1, 0.15) is 5.56 Å². The minimum atomic E-state index is -4.39. The predicted molar refractivity (Wildman–Crippen MR) is 104 cm³/mol. The van der Waals surface area contributed by atoms with Crippen LogP contribution in [-0.4, -0.2) is 26.3 Å². The lowest BCUT2D eigenvalue weighted by Crippen LogP contribution is -2.04. The maximum atomic E-state index is 12.9. The molecule has 0 unspecified atom stereocenters. The van der Waals surface area contributed by atoms with E-state index in [4.69, 9.17) is 14.2 Å².